The minimum atomic E-state index is -0.245. The molecule has 0 radical (unpaired) electrons. The summed E-state index contributed by atoms with van der Waals surface area (Å²) in [6, 6.07) is 0. The Kier molecular flexibility index (Phi) is 15.0. The molecule has 0 aromatic heterocycles. The van der Waals surface area contributed by atoms with E-state index in [2.05, 4.69) is 26.5 Å². The number of rotatable bonds is 14. The molecule has 120 valence electrons. The van der Waals surface area contributed by atoms with Crippen LogP contribution in [0.2, 0.25) is 0 Å². The Balaban J connectivity index is 3.24. The normalized spacial score (nSPS) is 12.3. The van der Waals surface area contributed by atoms with Crippen molar-refractivity contribution in [2.45, 2.75) is 76.9 Å². The van der Waals surface area contributed by atoms with Gasteiger partial charge in [0.15, 0.2) is 0 Å². The summed E-state index contributed by atoms with van der Waals surface area (Å²) in [5.41, 5.74) is 0. The molecule has 1 atom stereocenters. The van der Waals surface area contributed by atoms with Crippen LogP contribution in [0.1, 0.15) is 71.6 Å². The van der Waals surface area contributed by atoms with Crippen molar-refractivity contribution in [3.05, 3.63) is 0 Å². The van der Waals surface area contributed by atoms with Crippen molar-refractivity contribution in [1.29, 1.82) is 0 Å². The summed E-state index contributed by atoms with van der Waals surface area (Å²) in [7, 11) is 0. The molecule has 0 fully saturated rings. The standard InChI is InChI=1S/C16H32O3S/c1-3-5-11-15(20)16(17)19-14-10-8-6-7-9-13-18-12-4-2/h15,20H,3-14H2,1-2H3. The number of hydrogen-bond donors (Lipinski definition) is 1. The van der Waals surface area contributed by atoms with Crippen LogP contribution in [-0.4, -0.2) is 31.0 Å². The summed E-state index contributed by atoms with van der Waals surface area (Å²) in [5, 5.41) is -0.245. The molecule has 0 aromatic rings. The van der Waals surface area contributed by atoms with Crippen LogP contribution in [0.5, 0.6) is 0 Å². The van der Waals surface area contributed by atoms with Crippen molar-refractivity contribution in [2.75, 3.05) is 19.8 Å². The predicted octanol–water partition coefficient (Wildman–Crippen LogP) is 4.40. The van der Waals surface area contributed by atoms with Gasteiger partial charge in [-0.3, -0.25) is 4.79 Å². The van der Waals surface area contributed by atoms with Gasteiger partial charge in [0.1, 0.15) is 0 Å². The van der Waals surface area contributed by atoms with Gasteiger partial charge in [0.05, 0.1) is 11.9 Å². The van der Waals surface area contributed by atoms with Crippen LogP contribution in [0.4, 0.5) is 0 Å². The first-order valence-electron chi connectivity index (χ1n) is 8.14. The molecule has 0 amide bonds. The van der Waals surface area contributed by atoms with Gasteiger partial charge in [0.25, 0.3) is 0 Å². The lowest BCUT2D eigenvalue weighted by Crippen LogP contribution is -2.18. The molecule has 0 bridgehead atoms. The lowest BCUT2D eigenvalue weighted by Gasteiger charge is -2.10. The highest BCUT2D eigenvalue weighted by Gasteiger charge is 2.14. The molecule has 0 heterocycles. The van der Waals surface area contributed by atoms with Crippen LogP contribution in [0.15, 0.2) is 0 Å². The van der Waals surface area contributed by atoms with Gasteiger partial charge < -0.3 is 9.47 Å². The zero-order chi connectivity index (χ0) is 15.1. The fraction of sp³-hybridized carbons (Fsp3) is 0.938. The van der Waals surface area contributed by atoms with Gasteiger partial charge in [-0.25, -0.2) is 0 Å². The van der Waals surface area contributed by atoms with Crippen molar-refractivity contribution in [1.82, 2.24) is 0 Å². The highest BCUT2D eigenvalue weighted by Crippen LogP contribution is 2.10. The summed E-state index contributed by atoms with van der Waals surface area (Å²) in [6.07, 6.45) is 9.62. The first-order chi connectivity index (χ1) is 9.72. The van der Waals surface area contributed by atoms with Crippen molar-refractivity contribution < 1.29 is 14.3 Å². The first-order valence-corrected chi connectivity index (χ1v) is 8.66. The van der Waals surface area contributed by atoms with Gasteiger partial charge in [-0.1, -0.05) is 46.0 Å². The largest absolute Gasteiger partial charge is 0.465 e. The molecule has 1 unspecified atom stereocenters. The van der Waals surface area contributed by atoms with E-state index in [-0.39, 0.29) is 11.2 Å². The molecule has 0 aromatic carbocycles. The Bertz CT molecular complexity index is 222. The molecule has 0 aliphatic heterocycles. The van der Waals surface area contributed by atoms with Crippen molar-refractivity contribution in [2.24, 2.45) is 0 Å². The fourth-order valence-electron chi connectivity index (χ4n) is 1.87. The molecule has 20 heavy (non-hydrogen) atoms. The van der Waals surface area contributed by atoms with Gasteiger partial charge in [-0.05, 0) is 25.7 Å². The number of unbranched alkanes of at least 4 members (excludes halogenated alkanes) is 5. The van der Waals surface area contributed by atoms with Crippen LogP contribution < -0.4 is 0 Å². The van der Waals surface area contributed by atoms with E-state index in [4.69, 9.17) is 9.47 Å². The Labute approximate surface area is 130 Å². The fourth-order valence-corrected chi connectivity index (χ4v) is 2.12. The van der Waals surface area contributed by atoms with E-state index in [1.54, 1.807) is 0 Å². The van der Waals surface area contributed by atoms with E-state index in [9.17, 15) is 4.79 Å². The number of carbonyl (C=O) groups excluding carboxylic acids is 1. The molecule has 0 rings (SSSR count). The first kappa shape index (κ1) is 19.8. The minimum absolute atomic E-state index is 0.158. The smallest absolute Gasteiger partial charge is 0.318 e. The van der Waals surface area contributed by atoms with E-state index in [0.29, 0.717) is 6.61 Å². The molecule has 3 nitrogen and oxygen atoms in total. The maximum Gasteiger partial charge on any atom is 0.318 e. The zero-order valence-electron chi connectivity index (χ0n) is 13.2. The number of hydrogen-bond acceptors (Lipinski definition) is 4. The van der Waals surface area contributed by atoms with E-state index in [1.165, 1.54) is 12.8 Å². The Morgan fingerprint density at radius 3 is 2.20 bits per heavy atom. The summed E-state index contributed by atoms with van der Waals surface area (Å²) < 4.78 is 10.6. The maximum absolute atomic E-state index is 11.6. The van der Waals surface area contributed by atoms with Gasteiger partial charge in [-0.2, -0.15) is 12.6 Å². The van der Waals surface area contributed by atoms with Gasteiger partial charge in [0, 0.05) is 13.2 Å². The second-order valence-corrected chi connectivity index (χ2v) is 5.83. The second kappa shape index (κ2) is 15.2. The molecule has 4 heteroatoms. The van der Waals surface area contributed by atoms with Gasteiger partial charge in [-0.15, -0.1) is 0 Å². The number of ether oxygens (including phenoxy) is 2. The number of esters is 1. The molecular formula is C16H32O3S. The second-order valence-electron chi connectivity index (χ2n) is 5.21. The average Bonchev–Trinajstić information content (AvgIpc) is 2.46. The summed E-state index contributed by atoms with van der Waals surface area (Å²) in [5.74, 6) is -0.158. The van der Waals surface area contributed by atoms with E-state index < -0.39 is 0 Å². The third kappa shape index (κ3) is 12.8. The van der Waals surface area contributed by atoms with Crippen molar-refractivity contribution >= 4 is 18.6 Å². The lowest BCUT2D eigenvalue weighted by atomic mass is 10.1. The van der Waals surface area contributed by atoms with Crippen molar-refractivity contribution in [3.8, 4) is 0 Å². The molecule has 0 saturated carbocycles. The van der Waals surface area contributed by atoms with Crippen LogP contribution in [0.3, 0.4) is 0 Å². The molecule has 0 aliphatic rings. The highest BCUT2D eigenvalue weighted by atomic mass is 32.1. The lowest BCUT2D eigenvalue weighted by molar-refractivity contribution is -0.143. The van der Waals surface area contributed by atoms with Crippen molar-refractivity contribution in [3.63, 3.8) is 0 Å². The molecule has 0 saturated heterocycles. The van der Waals surface area contributed by atoms with Crippen LogP contribution >= 0.6 is 12.6 Å². The third-order valence-electron chi connectivity index (χ3n) is 3.13. The average molecular weight is 304 g/mol. The number of carbonyl (C=O) groups is 1. The quantitative estimate of drug-likeness (QED) is 0.293. The molecule has 0 spiro atoms. The third-order valence-corrected chi connectivity index (χ3v) is 3.60. The maximum atomic E-state index is 11.6. The summed E-state index contributed by atoms with van der Waals surface area (Å²) in [4.78, 5) is 11.6. The Hall–Kier alpha value is -0.220. The van der Waals surface area contributed by atoms with Gasteiger partial charge >= 0.3 is 5.97 Å². The summed E-state index contributed by atoms with van der Waals surface area (Å²) >= 11 is 4.27. The molecule has 0 N–H and O–H groups in total. The Morgan fingerprint density at radius 1 is 0.900 bits per heavy atom. The van der Waals surface area contributed by atoms with E-state index in [1.807, 2.05) is 0 Å². The van der Waals surface area contributed by atoms with Crippen LogP contribution in [-0.2, 0) is 14.3 Å². The van der Waals surface area contributed by atoms with Gasteiger partial charge in [0.2, 0.25) is 0 Å². The summed E-state index contributed by atoms with van der Waals surface area (Å²) in [6.45, 7) is 6.52. The highest BCUT2D eigenvalue weighted by molar-refractivity contribution is 7.81. The van der Waals surface area contributed by atoms with E-state index in [0.717, 1.165) is 58.2 Å². The van der Waals surface area contributed by atoms with Crippen LogP contribution in [0.25, 0.3) is 0 Å². The minimum Gasteiger partial charge on any atom is -0.465 e. The number of thiol groups is 1. The van der Waals surface area contributed by atoms with E-state index >= 15 is 0 Å². The van der Waals surface area contributed by atoms with Crippen LogP contribution in [0, 0.1) is 0 Å². The Morgan fingerprint density at radius 2 is 1.55 bits per heavy atom. The molecule has 0 aliphatic carbocycles. The SMILES string of the molecule is CCCCC(S)C(=O)OCCCCCCCOCCC. The molecular weight excluding hydrogens is 272 g/mol. The topological polar surface area (TPSA) is 35.5 Å². The predicted molar refractivity (Wildman–Crippen MR) is 87.5 cm³/mol. The monoisotopic (exact) mass is 304 g/mol. The zero-order valence-corrected chi connectivity index (χ0v) is 14.1.